The molecule has 1 aliphatic rings. The molecular formula is C45H32N2S. The van der Waals surface area contributed by atoms with Crippen molar-refractivity contribution in [3.8, 4) is 16.8 Å². The van der Waals surface area contributed by atoms with E-state index < -0.39 is 0 Å². The van der Waals surface area contributed by atoms with Crippen LogP contribution in [0.5, 0.6) is 0 Å². The fourth-order valence-corrected chi connectivity index (χ4v) is 9.27. The molecule has 0 aliphatic carbocycles. The highest BCUT2D eigenvalue weighted by Gasteiger charge is 2.36. The second-order valence-corrected chi connectivity index (χ2v) is 14.4. The third-order valence-corrected chi connectivity index (χ3v) is 11.6. The first-order valence-corrected chi connectivity index (χ1v) is 17.4. The van der Waals surface area contributed by atoms with Gasteiger partial charge in [-0.1, -0.05) is 111 Å². The summed E-state index contributed by atoms with van der Waals surface area (Å²) >= 11 is 1.93. The zero-order valence-corrected chi connectivity index (χ0v) is 27.6. The summed E-state index contributed by atoms with van der Waals surface area (Å²) in [5.41, 5.74) is 12.3. The minimum absolute atomic E-state index is 0.163. The molecule has 3 heterocycles. The van der Waals surface area contributed by atoms with E-state index in [1.807, 2.05) is 11.3 Å². The van der Waals surface area contributed by atoms with Gasteiger partial charge >= 0.3 is 0 Å². The molecule has 0 saturated carbocycles. The molecule has 2 aromatic heterocycles. The lowest BCUT2D eigenvalue weighted by molar-refractivity contribution is 0.631. The van der Waals surface area contributed by atoms with Crippen molar-refractivity contribution in [1.82, 2.24) is 4.57 Å². The van der Waals surface area contributed by atoms with Gasteiger partial charge in [0.1, 0.15) is 0 Å². The van der Waals surface area contributed by atoms with Gasteiger partial charge < -0.3 is 9.47 Å². The van der Waals surface area contributed by atoms with E-state index in [4.69, 9.17) is 0 Å². The highest BCUT2D eigenvalue weighted by atomic mass is 32.1. The van der Waals surface area contributed by atoms with Crippen molar-refractivity contribution in [2.24, 2.45) is 0 Å². The van der Waals surface area contributed by atoms with Gasteiger partial charge in [0.15, 0.2) is 0 Å². The van der Waals surface area contributed by atoms with Crippen LogP contribution in [0.3, 0.4) is 0 Å². The Morgan fingerprint density at radius 3 is 1.85 bits per heavy atom. The third-order valence-electron chi connectivity index (χ3n) is 10.4. The molecule has 0 bridgehead atoms. The summed E-state index contributed by atoms with van der Waals surface area (Å²) in [6, 6.07) is 57.7. The summed E-state index contributed by atoms with van der Waals surface area (Å²) in [6.07, 6.45) is 0. The monoisotopic (exact) mass is 632 g/mol. The first-order valence-electron chi connectivity index (χ1n) is 16.6. The minimum Gasteiger partial charge on any atom is -0.311 e. The lowest BCUT2D eigenvalue weighted by Gasteiger charge is -2.35. The molecule has 0 N–H and O–H groups in total. The number of nitrogens with zero attached hydrogens (tertiary/aromatic N) is 2. The first-order chi connectivity index (χ1) is 23.6. The fourth-order valence-electron chi connectivity index (χ4n) is 8.03. The van der Waals surface area contributed by atoms with Crippen LogP contribution in [0.4, 0.5) is 17.1 Å². The lowest BCUT2D eigenvalue weighted by Crippen LogP contribution is -2.26. The maximum atomic E-state index is 2.55. The van der Waals surface area contributed by atoms with Crippen molar-refractivity contribution >= 4 is 70.4 Å². The lowest BCUT2D eigenvalue weighted by atomic mass is 9.74. The smallest absolute Gasteiger partial charge is 0.0596 e. The average Bonchev–Trinajstić information content (AvgIpc) is 3.68. The van der Waals surface area contributed by atoms with E-state index in [-0.39, 0.29) is 5.41 Å². The number of benzene rings is 7. The zero-order chi connectivity index (χ0) is 32.0. The van der Waals surface area contributed by atoms with E-state index >= 15 is 0 Å². The Bertz CT molecular complexity index is 2640. The van der Waals surface area contributed by atoms with Crippen molar-refractivity contribution in [3.63, 3.8) is 0 Å². The van der Waals surface area contributed by atoms with Crippen LogP contribution in [0.1, 0.15) is 25.0 Å². The molecule has 1 aliphatic heterocycles. The highest BCUT2D eigenvalue weighted by molar-refractivity contribution is 7.26. The Hall–Kier alpha value is -5.64. The number of thiophene rings is 1. The van der Waals surface area contributed by atoms with Gasteiger partial charge in [0, 0.05) is 53.4 Å². The molecule has 48 heavy (non-hydrogen) atoms. The van der Waals surface area contributed by atoms with Crippen LogP contribution < -0.4 is 4.90 Å². The molecule has 0 spiro atoms. The molecule has 7 aromatic carbocycles. The standard InChI is InChI=1S/C45H32N2S/c1-45(2)37-26-23-30(29-21-24-33(25-22-29)46(31-13-5-3-6-14-31)32-15-7-4-8-16-32)27-40(37)47-39-19-11-9-18-35(39)42-43(47)38(45)28-36-34-17-10-12-20-41(34)48-44(36)42/h3-28H,1-2H3. The van der Waals surface area contributed by atoms with Crippen LogP contribution in [-0.4, -0.2) is 4.57 Å². The van der Waals surface area contributed by atoms with Gasteiger partial charge in [-0.05, 0) is 82.9 Å². The molecule has 0 fully saturated rings. The van der Waals surface area contributed by atoms with Gasteiger partial charge in [0.25, 0.3) is 0 Å². The molecule has 9 aromatic rings. The Morgan fingerprint density at radius 2 is 1.12 bits per heavy atom. The van der Waals surface area contributed by atoms with Gasteiger partial charge in [0.2, 0.25) is 0 Å². The van der Waals surface area contributed by atoms with Gasteiger partial charge in [-0.3, -0.25) is 0 Å². The van der Waals surface area contributed by atoms with Crippen molar-refractivity contribution < 1.29 is 0 Å². The SMILES string of the molecule is CC1(C)c2ccc(-c3ccc(N(c4ccccc4)c4ccccc4)cc3)cc2-n2c3ccccc3c3c4sc5ccccc5c4cc1c32. The number of fused-ring (bicyclic) bond motifs is 9. The topological polar surface area (TPSA) is 8.17 Å². The largest absolute Gasteiger partial charge is 0.311 e. The summed E-state index contributed by atoms with van der Waals surface area (Å²) in [6.45, 7) is 4.80. The number of para-hydroxylation sites is 3. The van der Waals surface area contributed by atoms with Crippen molar-refractivity contribution in [2.45, 2.75) is 19.3 Å². The van der Waals surface area contributed by atoms with E-state index in [1.54, 1.807) is 0 Å². The summed E-state index contributed by atoms with van der Waals surface area (Å²) in [7, 11) is 0. The first kappa shape index (κ1) is 27.5. The van der Waals surface area contributed by atoms with E-state index in [0.717, 1.165) is 17.1 Å². The Balaban J connectivity index is 1.17. The van der Waals surface area contributed by atoms with Gasteiger partial charge in [-0.2, -0.15) is 0 Å². The quantitative estimate of drug-likeness (QED) is 0.187. The Morgan fingerprint density at radius 1 is 0.521 bits per heavy atom. The molecule has 3 heteroatoms. The number of aromatic nitrogens is 1. The van der Waals surface area contributed by atoms with Crippen molar-refractivity contribution in [3.05, 3.63) is 169 Å². The summed E-state index contributed by atoms with van der Waals surface area (Å²) in [4.78, 5) is 2.31. The van der Waals surface area contributed by atoms with Crippen LogP contribution in [-0.2, 0) is 5.41 Å². The van der Waals surface area contributed by atoms with Crippen LogP contribution in [0.25, 0.3) is 58.8 Å². The van der Waals surface area contributed by atoms with Crippen LogP contribution >= 0.6 is 11.3 Å². The van der Waals surface area contributed by atoms with Crippen molar-refractivity contribution in [1.29, 1.82) is 0 Å². The normalized spacial score (nSPS) is 13.4. The van der Waals surface area contributed by atoms with E-state index in [9.17, 15) is 0 Å². The molecule has 2 nitrogen and oxygen atoms in total. The highest BCUT2D eigenvalue weighted by Crippen LogP contribution is 2.52. The van der Waals surface area contributed by atoms with Crippen LogP contribution in [0.15, 0.2) is 158 Å². The zero-order valence-electron chi connectivity index (χ0n) is 26.8. The van der Waals surface area contributed by atoms with Crippen LogP contribution in [0.2, 0.25) is 0 Å². The maximum absolute atomic E-state index is 2.55. The molecule has 0 atom stereocenters. The number of rotatable bonds is 4. The third kappa shape index (κ3) is 3.85. The molecular weight excluding hydrogens is 601 g/mol. The number of anilines is 3. The number of hydrogen-bond acceptors (Lipinski definition) is 2. The molecule has 10 rings (SSSR count). The molecule has 0 amide bonds. The van der Waals surface area contributed by atoms with Crippen molar-refractivity contribution in [2.75, 3.05) is 4.90 Å². The summed E-state index contributed by atoms with van der Waals surface area (Å²) in [5.74, 6) is 0. The maximum Gasteiger partial charge on any atom is 0.0596 e. The predicted molar refractivity (Wildman–Crippen MR) is 206 cm³/mol. The fraction of sp³-hybridized carbons (Fsp3) is 0.0667. The molecule has 228 valence electrons. The number of hydrogen-bond donors (Lipinski definition) is 0. The van der Waals surface area contributed by atoms with Crippen LogP contribution in [0, 0.1) is 0 Å². The molecule has 0 unspecified atom stereocenters. The predicted octanol–water partition coefficient (Wildman–Crippen LogP) is 12.9. The van der Waals surface area contributed by atoms with Gasteiger partial charge in [-0.25, -0.2) is 0 Å². The summed E-state index contributed by atoms with van der Waals surface area (Å²) in [5, 5.41) is 5.43. The van der Waals surface area contributed by atoms with E-state index in [2.05, 4.69) is 181 Å². The Labute approximate surface area is 283 Å². The molecule has 0 radical (unpaired) electrons. The molecule has 0 saturated heterocycles. The van der Waals surface area contributed by atoms with Gasteiger partial charge in [-0.15, -0.1) is 11.3 Å². The minimum atomic E-state index is -0.163. The Kier molecular flexibility index (Phi) is 5.82. The second kappa shape index (κ2) is 10.2. The average molecular weight is 633 g/mol. The van der Waals surface area contributed by atoms with Gasteiger partial charge in [0.05, 0.1) is 16.7 Å². The van der Waals surface area contributed by atoms with E-state index in [0.29, 0.717) is 0 Å². The summed E-state index contributed by atoms with van der Waals surface area (Å²) < 4.78 is 5.29. The second-order valence-electron chi connectivity index (χ2n) is 13.4. The van der Waals surface area contributed by atoms with E-state index in [1.165, 1.54) is 69.9 Å².